The maximum atomic E-state index is 12.1. The van der Waals surface area contributed by atoms with Crippen molar-refractivity contribution in [3.05, 3.63) is 62.9 Å². The lowest BCUT2D eigenvalue weighted by Gasteiger charge is -2.12. The van der Waals surface area contributed by atoms with Crippen molar-refractivity contribution in [1.29, 1.82) is 0 Å². The van der Waals surface area contributed by atoms with Crippen molar-refractivity contribution in [3.63, 3.8) is 0 Å². The quantitative estimate of drug-likeness (QED) is 0.734. The van der Waals surface area contributed by atoms with Crippen LogP contribution in [0.25, 0.3) is 11.3 Å². The van der Waals surface area contributed by atoms with Crippen LogP contribution in [0.15, 0.2) is 34.3 Å². The number of thiazole rings is 1. The molecule has 0 unspecified atom stereocenters. The van der Waals surface area contributed by atoms with E-state index in [2.05, 4.69) is 44.1 Å². The summed E-state index contributed by atoms with van der Waals surface area (Å²) >= 11 is 1.53. The number of benzene rings is 1. The van der Waals surface area contributed by atoms with E-state index < -0.39 is 0 Å². The fourth-order valence-electron chi connectivity index (χ4n) is 2.79. The first-order valence-electron chi connectivity index (χ1n) is 8.27. The van der Waals surface area contributed by atoms with E-state index in [0.717, 1.165) is 22.0 Å². The van der Waals surface area contributed by atoms with Crippen LogP contribution in [-0.2, 0) is 17.8 Å². The summed E-state index contributed by atoms with van der Waals surface area (Å²) in [7, 11) is 0. The summed E-state index contributed by atoms with van der Waals surface area (Å²) in [6, 6.07) is 5.84. The molecule has 0 radical (unpaired) electrons. The Bertz CT molecular complexity index is 895. The van der Waals surface area contributed by atoms with Crippen LogP contribution in [0, 0.1) is 27.7 Å². The van der Waals surface area contributed by atoms with Gasteiger partial charge >= 0.3 is 0 Å². The van der Waals surface area contributed by atoms with Gasteiger partial charge in [0.1, 0.15) is 10.8 Å². The highest BCUT2D eigenvalue weighted by Gasteiger charge is 2.13. The molecular formula is C20H22N2O2S. The SMILES string of the molecule is Cc1cc(-c2csc(CC(=O)NCc3ccco3)n2)c(C)c(C)c1C. The molecule has 1 N–H and O–H groups in total. The van der Waals surface area contributed by atoms with E-state index in [-0.39, 0.29) is 12.3 Å². The highest BCUT2D eigenvalue weighted by atomic mass is 32.1. The average Bonchev–Trinajstić information content (AvgIpc) is 3.26. The number of hydrogen-bond donors (Lipinski definition) is 1. The number of carbonyl (C=O) groups is 1. The second kappa shape index (κ2) is 7.23. The van der Waals surface area contributed by atoms with Crippen molar-refractivity contribution >= 4 is 17.2 Å². The molecule has 0 spiro atoms. The zero-order valence-electron chi connectivity index (χ0n) is 15.0. The number of amides is 1. The van der Waals surface area contributed by atoms with Crippen LogP contribution in [0.4, 0.5) is 0 Å². The molecule has 1 amide bonds. The summed E-state index contributed by atoms with van der Waals surface area (Å²) in [6.07, 6.45) is 1.89. The van der Waals surface area contributed by atoms with Gasteiger partial charge in [0, 0.05) is 10.9 Å². The Labute approximate surface area is 151 Å². The zero-order chi connectivity index (χ0) is 18.0. The molecule has 2 heterocycles. The molecule has 2 aromatic heterocycles. The van der Waals surface area contributed by atoms with Crippen LogP contribution < -0.4 is 5.32 Å². The molecule has 25 heavy (non-hydrogen) atoms. The third-order valence-corrected chi connectivity index (χ3v) is 5.51. The van der Waals surface area contributed by atoms with Crippen molar-refractivity contribution in [2.45, 2.75) is 40.7 Å². The molecule has 3 rings (SSSR count). The minimum absolute atomic E-state index is 0.0507. The minimum atomic E-state index is -0.0507. The summed E-state index contributed by atoms with van der Waals surface area (Å²) in [6.45, 7) is 8.96. The number of hydrogen-bond acceptors (Lipinski definition) is 4. The lowest BCUT2D eigenvalue weighted by molar-refractivity contribution is -0.120. The van der Waals surface area contributed by atoms with Crippen LogP contribution in [-0.4, -0.2) is 10.9 Å². The molecule has 0 fully saturated rings. The number of aromatic nitrogens is 1. The van der Waals surface area contributed by atoms with Crippen molar-refractivity contribution in [2.24, 2.45) is 0 Å². The second-order valence-corrected chi connectivity index (χ2v) is 7.22. The molecule has 3 aromatic rings. The predicted molar refractivity (Wildman–Crippen MR) is 101 cm³/mol. The van der Waals surface area contributed by atoms with E-state index in [9.17, 15) is 4.79 Å². The maximum Gasteiger partial charge on any atom is 0.227 e. The smallest absolute Gasteiger partial charge is 0.227 e. The fourth-order valence-corrected chi connectivity index (χ4v) is 3.59. The number of furan rings is 1. The average molecular weight is 354 g/mol. The molecule has 0 saturated heterocycles. The van der Waals surface area contributed by atoms with Gasteiger partial charge in [-0.25, -0.2) is 4.98 Å². The first-order chi connectivity index (χ1) is 12.0. The molecule has 0 atom stereocenters. The molecule has 0 aliphatic heterocycles. The third-order valence-electron chi connectivity index (χ3n) is 4.66. The Morgan fingerprint density at radius 1 is 1.20 bits per heavy atom. The highest BCUT2D eigenvalue weighted by Crippen LogP contribution is 2.30. The minimum Gasteiger partial charge on any atom is -0.467 e. The van der Waals surface area contributed by atoms with Crippen LogP contribution in [0.2, 0.25) is 0 Å². The van der Waals surface area contributed by atoms with Gasteiger partial charge in [0.15, 0.2) is 0 Å². The van der Waals surface area contributed by atoms with Crippen LogP contribution in [0.3, 0.4) is 0 Å². The first kappa shape index (κ1) is 17.4. The molecule has 4 nitrogen and oxygen atoms in total. The number of aryl methyl sites for hydroxylation is 1. The fraction of sp³-hybridized carbons (Fsp3) is 0.300. The Kier molecular flexibility index (Phi) is 5.04. The highest BCUT2D eigenvalue weighted by molar-refractivity contribution is 7.10. The molecule has 130 valence electrons. The lowest BCUT2D eigenvalue weighted by atomic mass is 9.93. The molecule has 0 aliphatic rings. The first-order valence-corrected chi connectivity index (χ1v) is 9.15. The lowest BCUT2D eigenvalue weighted by Crippen LogP contribution is -2.24. The molecule has 0 bridgehead atoms. The Morgan fingerprint density at radius 2 is 2.00 bits per heavy atom. The third kappa shape index (κ3) is 3.82. The molecule has 1 aromatic carbocycles. The molecule has 0 aliphatic carbocycles. The van der Waals surface area contributed by atoms with E-state index in [1.165, 1.54) is 33.6 Å². The molecular weight excluding hydrogens is 332 g/mol. The van der Waals surface area contributed by atoms with Crippen LogP contribution in [0.1, 0.15) is 33.0 Å². The van der Waals surface area contributed by atoms with Crippen molar-refractivity contribution in [3.8, 4) is 11.3 Å². The van der Waals surface area contributed by atoms with Crippen LogP contribution >= 0.6 is 11.3 Å². The van der Waals surface area contributed by atoms with E-state index in [1.807, 2.05) is 17.5 Å². The normalized spacial score (nSPS) is 10.9. The number of carbonyl (C=O) groups excluding carboxylic acids is 1. The van der Waals surface area contributed by atoms with Gasteiger partial charge in [0.25, 0.3) is 0 Å². The van der Waals surface area contributed by atoms with Gasteiger partial charge < -0.3 is 9.73 Å². The van der Waals surface area contributed by atoms with E-state index >= 15 is 0 Å². The van der Waals surface area contributed by atoms with Crippen molar-refractivity contribution in [2.75, 3.05) is 0 Å². The van der Waals surface area contributed by atoms with E-state index in [1.54, 1.807) is 6.26 Å². The number of nitrogens with zero attached hydrogens (tertiary/aromatic N) is 1. The topological polar surface area (TPSA) is 55.1 Å². The predicted octanol–water partition coefficient (Wildman–Crippen LogP) is 4.50. The summed E-state index contributed by atoms with van der Waals surface area (Å²) in [5.74, 6) is 0.694. The second-order valence-electron chi connectivity index (χ2n) is 6.28. The Hall–Kier alpha value is -2.40. The van der Waals surface area contributed by atoms with Gasteiger partial charge in [-0.15, -0.1) is 11.3 Å². The summed E-state index contributed by atoms with van der Waals surface area (Å²) in [4.78, 5) is 16.8. The zero-order valence-corrected chi connectivity index (χ0v) is 15.8. The van der Waals surface area contributed by atoms with Gasteiger partial charge in [-0.1, -0.05) is 0 Å². The van der Waals surface area contributed by atoms with Gasteiger partial charge in [-0.05, 0) is 68.1 Å². The van der Waals surface area contributed by atoms with E-state index in [0.29, 0.717) is 6.54 Å². The van der Waals surface area contributed by atoms with Gasteiger partial charge in [-0.3, -0.25) is 4.79 Å². The summed E-state index contributed by atoms with van der Waals surface area (Å²) < 4.78 is 5.21. The standard InChI is InChI=1S/C20H22N2O2S/c1-12-8-17(15(4)14(3)13(12)2)18-11-25-20(22-18)9-19(23)21-10-16-6-5-7-24-16/h5-8,11H,9-10H2,1-4H3,(H,21,23). The summed E-state index contributed by atoms with van der Waals surface area (Å²) in [5.41, 5.74) is 7.25. The van der Waals surface area contributed by atoms with Crippen molar-refractivity contribution in [1.82, 2.24) is 10.3 Å². The number of nitrogens with one attached hydrogen (secondary N) is 1. The van der Waals surface area contributed by atoms with Gasteiger partial charge in [0.2, 0.25) is 5.91 Å². The van der Waals surface area contributed by atoms with Crippen molar-refractivity contribution < 1.29 is 9.21 Å². The van der Waals surface area contributed by atoms with Gasteiger partial charge in [-0.2, -0.15) is 0 Å². The Balaban J connectivity index is 1.71. The monoisotopic (exact) mass is 354 g/mol. The van der Waals surface area contributed by atoms with E-state index in [4.69, 9.17) is 4.42 Å². The largest absolute Gasteiger partial charge is 0.467 e. The molecule has 0 saturated carbocycles. The van der Waals surface area contributed by atoms with Gasteiger partial charge in [0.05, 0.1) is 24.9 Å². The Morgan fingerprint density at radius 3 is 2.72 bits per heavy atom. The van der Waals surface area contributed by atoms with Crippen LogP contribution in [0.5, 0.6) is 0 Å². The molecule has 5 heteroatoms. The maximum absolute atomic E-state index is 12.1. The summed E-state index contributed by atoms with van der Waals surface area (Å²) in [5, 5.41) is 5.71. The number of rotatable bonds is 5.